The van der Waals surface area contributed by atoms with Gasteiger partial charge in [0.05, 0.1) is 5.56 Å². The van der Waals surface area contributed by atoms with Crippen molar-refractivity contribution >= 4 is 29.2 Å². The van der Waals surface area contributed by atoms with Gasteiger partial charge in [0.1, 0.15) is 10.8 Å². The Balaban J connectivity index is 1.74. The lowest BCUT2D eigenvalue weighted by Crippen LogP contribution is -2.13. The van der Waals surface area contributed by atoms with Crippen molar-refractivity contribution in [2.75, 3.05) is 11.1 Å². The van der Waals surface area contributed by atoms with E-state index in [1.54, 1.807) is 24.5 Å². The molecular formula is C21H22N4OS. The number of hydrogen-bond acceptors (Lipinski definition) is 5. The zero-order chi connectivity index (χ0) is 19.2. The summed E-state index contributed by atoms with van der Waals surface area (Å²) in [5.74, 6) is 1.38. The van der Waals surface area contributed by atoms with Crippen molar-refractivity contribution in [2.45, 2.75) is 30.5 Å². The largest absolute Gasteiger partial charge is 0.384 e. The van der Waals surface area contributed by atoms with Crippen LogP contribution in [0.3, 0.4) is 0 Å². The highest BCUT2D eigenvalue weighted by Crippen LogP contribution is 2.26. The molecule has 3 N–H and O–H groups in total. The first-order chi connectivity index (χ1) is 13.0. The highest BCUT2D eigenvalue weighted by molar-refractivity contribution is 7.98. The van der Waals surface area contributed by atoms with Crippen LogP contribution in [0.2, 0.25) is 0 Å². The molecule has 2 heterocycles. The lowest BCUT2D eigenvalue weighted by molar-refractivity contribution is 0.102. The lowest BCUT2D eigenvalue weighted by Gasteiger charge is -2.11. The van der Waals surface area contributed by atoms with Crippen molar-refractivity contribution in [3.05, 3.63) is 77.6 Å². The first-order valence-corrected chi connectivity index (χ1v) is 9.71. The molecule has 27 heavy (non-hydrogen) atoms. The van der Waals surface area contributed by atoms with Crippen molar-refractivity contribution in [3.63, 3.8) is 0 Å². The summed E-state index contributed by atoms with van der Waals surface area (Å²) in [7, 11) is 0. The molecule has 138 valence electrons. The van der Waals surface area contributed by atoms with E-state index < -0.39 is 0 Å². The molecule has 1 amide bonds. The average molecular weight is 379 g/mol. The van der Waals surface area contributed by atoms with E-state index in [9.17, 15) is 4.79 Å². The number of rotatable bonds is 6. The van der Waals surface area contributed by atoms with Crippen LogP contribution in [0.4, 0.5) is 11.5 Å². The Hall–Kier alpha value is -2.86. The van der Waals surface area contributed by atoms with E-state index in [-0.39, 0.29) is 5.91 Å². The minimum Gasteiger partial charge on any atom is -0.384 e. The van der Waals surface area contributed by atoms with E-state index in [1.807, 2.05) is 30.3 Å². The summed E-state index contributed by atoms with van der Waals surface area (Å²) in [4.78, 5) is 21.2. The van der Waals surface area contributed by atoms with Gasteiger partial charge in [0.2, 0.25) is 0 Å². The number of nitrogens with two attached hydrogens (primary N) is 1. The van der Waals surface area contributed by atoms with Crippen LogP contribution in [0, 0.1) is 0 Å². The fraction of sp³-hybridized carbons (Fsp3) is 0.190. The number of nitrogens with one attached hydrogen (secondary N) is 1. The maximum absolute atomic E-state index is 12.8. The van der Waals surface area contributed by atoms with Gasteiger partial charge < -0.3 is 11.1 Å². The van der Waals surface area contributed by atoms with Gasteiger partial charge in [-0.15, -0.1) is 11.8 Å². The summed E-state index contributed by atoms with van der Waals surface area (Å²) in [5, 5.41) is 3.66. The van der Waals surface area contributed by atoms with E-state index in [2.05, 4.69) is 35.2 Å². The molecule has 0 fully saturated rings. The third-order valence-electron chi connectivity index (χ3n) is 4.05. The Labute approximate surface area is 163 Å². The minimum absolute atomic E-state index is 0.166. The standard InChI is InChI=1S/C21H22N4OS/c1-14(2)16-5-3-6-17(12-16)25-20(26)18-7-4-9-24-21(18)27-13-15-8-10-23-19(22)11-15/h3-12,14H,13H2,1-2H3,(H2,22,23)(H,25,26). The van der Waals surface area contributed by atoms with Crippen molar-refractivity contribution in [2.24, 2.45) is 0 Å². The molecule has 3 rings (SSSR count). The van der Waals surface area contributed by atoms with Crippen LogP contribution < -0.4 is 11.1 Å². The predicted molar refractivity (Wildman–Crippen MR) is 111 cm³/mol. The van der Waals surface area contributed by atoms with E-state index in [0.29, 0.717) is 28.1 Å². The molecule has 5 nitrogen and oxygen atoms in total. The van der Waals surface area contributed by atoms with Crippen LogP contribution in [-0.4, -0.2) is 15.9 Å². The summed E-state index contributed by atoms with van der Waals surface area (Å²) < 4.78 is 0. The molecule has 2 aromatic heterocycles. The van der Waals surface area contributed by atoms with E-state index in [1.165, 1.54) is 17.3 Å². The molecule has 0 atom stereocenters. The van der Waals surface area contributed by atoms with E-state index in [0.717, 1.165) is 11.3 Å². The third-order valence-corrected chi connectivity index (χ3v) is 5.12. The third kappa shape index (κ3) is 5.08. The lowest BCUT2D eigenvalue weighted by atomic mass is 10.0. The van der Waals surface area contributed by atoms with Crippen molar-refractivity contribution in [1.29, 1.82) is 0 Å². The minimum atomic E-state index is -0.166. The molecule has 3 aromatic rings. The Morgan fingerprint density at radius 2 is 1.96 bits per heavy atom. The van der Waals surface area contributed by atoms with Crippen LogP contribution in [0.25, 0.3) is 0 Å². The second-order valence-electron chi connectivity index (χ2n) is 6.47. The van der Waals surface area contributed by atoms with Gasteiger partial charge >= 0.3 is 0 Å². The van der Waals surface area contributed by atoms with Gasteiger partial charge in [0.15, 0.2) is 0 Å². The quantitative estimate of drug-likeness (QED) is 0.606. The number of benzene rings is 1. The molecule has 0 saturated heterocycles. The smallest absolute Gasteiger partial charge is 0.258 e. The molecule has 6 heteroatoms. The predicted octanol–water partition coefficient (Wildman–Crippen LogP) is 4.73. The normalized spacial score (nSPS) is 10.8. The van der Waals surface area contributed by atoms with Crippen LogP contribution in [-0.2, 0) is 5.75 Å². The first-order valence-electron chi connectivity index (χ1n) is 8.72. The molecule has 0 spiro atoms. The van der Waals surface area contributed by atoms with Gasteiger partial charge in [0, 0.05) is 23.8 Å². The molecule has 0 radical (unpaired) electrons. The monoisotopic (exact) mass is 378 g/mol. The molecule has 0 aliphatic rings. The fourth-order valence-corrected chi connectivity index (χ4v) is 3.52. The molecule has 0 aliphatic heterocycles. The number of amides is 1. The molecule has 0 bridgehead atoms. The summed E-state index contributed by atoms with van der Waals surface area (Å²) in [6.45, 7) is 4.26. The summed E-state index contributed by atoms with van der Waals surface area (Å²) in [6.07, 6.45) is 3.37. The summed E-state index contributed by atoms with van der Waals surface area (Å²) in [6, 6.07) is 15.2. The summed E-state index contributed by atoms with van der Waals surface area (Å²) >= 11 is 1.50. The SMILES string of the molecule is CC(C)c1cccc(NC(=O)c2cccnc2SCc2ccnc(N)c2)c1. The number of anilines is 2. The molecular weight excluding hydrogens is 356 g/mol. The maximum Gasteiger partial charge on any atom is 0.258 e. The summed E-state index contributed by atoms with van der Waals surface area (Å²) in [5.41, 5.74) is 9.29. The number of thioether (sulfide) groups is 1. The Morgan fingerprint density at radius 1 is 1.11 bits per heavy atom. The Kier molecular flexibility index (Phi) is 6.08. The van der Waals surface area contributed by atoms with Crippen LogP contribution >= 0.6 is 11.8 Å². The maximum atomic E-state index is 12.8. The van der Waals surface area contributed by atoms with Gasteiger partial charge in [0.25, 0.3) is 5.91 Å². The van der Waals surface area contributed by atoms with E-state index in [4.69, 9.17) is 5.73 Å². The Morgan fingerprint density at radius 3 is 2.74 bits per heavy atom. The van der Waals surface area contributed by atoms with Crippen LogP contribution in [0.15, 0.2) is 66.0 Å². The van der Waals surface area contributed by atoms with Crippen molar-refractivity contribution in [3.8, 4) is 0 Å². The first kappa shape index (κ1) is 18.9. The van der Waals surface area contributed by atoms with Gasteiger partial charge in [-0.1, -0.05) is 26.0 Å². The van der Waals surface area contributed by atoms with Crippen molar-refractivity contribution in [1.82, 2.24) is 9.97 Å². The second-order valence-corrected chi connectivity index (χ2v) is 7.43. The van der Waals surface area contributed by atoms with Crippen LogP contribution in [0.1, 0.15) is 41.3 Å². The Bertz CT molecular complexity index is 943. The number of nitrogen functional groups attached to an aromatic ring is 1. The highest BCUT2D eigenvalue weighted by atomic mass is 32.2. The zero-order valence-electron chi connectivity index (χ0n) is 15.3. The molecule has 0 unspecified atom stereocenters. The number of aromatic nitrogens is 2. The topological polar surface area (TPSA) is 80.9 Å². The molecule has 1 aromatic carbocycles. The zero-order valence-corrected chi connectivity index (χ0v) is 16.2. The number of carbonyl (C=O) groups is 1. The van der Waals surface area contributed by atoms with Crippen LogP contribution in [0.5, 0.6) is 0 Å². The molecule has 0 aliphatic carbocycles. The van der Waals surface area contributed by atoms with Crippen molar-refractivity contribution < 1.29 is 4.79 Å². The van der Waals surface area contributed by atoms with Gasteiger partial charge in [-0.2, -0.15) is 0 Å². The van der Waals surface area contributed by atoms with Gasteiger partial charge in [-0.05, 0) is 53.4 Å². The highest BCUT2D eigenvalue weighted by Gasteiger charge is 2.14. The number of hydrogen-bond donors (Lipinski definition) is 2. The average Bonchev–Trinajstić information content (AvgIpc) is 2.67. The van der Waals surface area contributed by atoms with E-state index >= 15 is 0 Å². The number of pyridine rings is 2. The molecule has 0 saturated carbocycles. The second kappa shape index (κ2) is 8.68. The number of carbonyl (C=O) groups excluding carboxylic acids is 1. The number of nitrogens with zero attached hydrogens (tertiary/aromatic N) is 2. The fourth-order valence-electron chi connectivity index (χ4n) is 2.59. The van der Waals surface area contributed by atoms with Gasteiger partial charge in [-0.25, -0.2) is 9.97 Å². The van der Waals surface area contributed by atoms with Gasteiger partial charge in [-0.3, -0.25) is 4.79 Å².